The molecule has 1 aromatic carbocycles. The molecule has 0 heterocycles. The van der Waals surface area contributed by atoms with Crippen molar-refractivity contribution in [1.82, 2.24) is 0 Å². The number of ether oxygens (including phenoxy) is 1. The molecule has 0 fully saturated rings. The Balaban J connectivity index is 2.87. The zero-order valence-corrected chi connectivity index (χ0v) is 12.6. The Morgan fingerprint density at radius 1 is 1.42 bits per heavy atom. The van der Waals surface area contributed by atoms with Crippen LogP contribution in [-0.4, -0.2) is 17.0 Å². The van der Waals surface area contributed by atoms with Crippen LogP contribution < -0.4 is 0 Å². The number of nitro benzene ring substituents is 1. The van der Waals surface area contributed by atoms with Crippen LogP contribution in [0.15, 0.2) is 22.7 Å². The fourth-order valence-corrected chi connectivity index (χ4v) is 2.15. The number of rotatable bonds is 5. The Kier molecular flexibility index (Phi) is 5.47. The van der Waals surface area contributed by atoms with Gasteiger partial charge in [-0.25, -0.2) is 4.79 Å². The molecule has 1 atom stereocenters. The highest BCUT2D eigenvalue weighted by atomic mass is 79.9. The maximum atomic E-state index is 12.0. The van der Waals surface area contributed by atoms with E-state index < -0.39 is 10.9 Å². The van der Waals surface area contributed by atoms with E-state index in [1.807, 2.05) is 20.8 Å². The molecule has 0 N–H and O–H groups in total. The number of non-ortho nitro benzene ring substituents is 1. The zero-order valence-electron chi connectivity index (χ0n) is 11.1. The minimum absolute atomic E-state index is 0.133. The van der Waals surface area contributed by atoms with Crippen molar-refractivity contribution < 1.29 is 14.5 Å². The monoisotopic (exact) mass is 329 g/mol. The van der Waals surface area contributed by atoms with E-state index in [2.05, 4.69) is 15.9 Å². The van der Waals surface area contributed by atoms with Crippen LogP contribution in [-0.2, 0) is 4.74 Å². The first-order valence-corrected chi connectivity index (χ1v) is 6.75. The van der Waals surface area contributed by atoms with Crippen LogP contribution in [0.25, 0.3) is 0 Å². The highest BCUT2D eigenvalue weighted by Gasteiger charge is 2.19. The van der Waals surface area contributed by atoms with Gasteiger partial charge in [0.25, 0.3) is 5.69 Å². The molecule has 5 nitrogen and oxygen atoms in total. The smallest absolute Gasteiger partial charge is 0.339 e. The van der Waals surface area contributed by atoms with Gasteiger partial charge in [-0.15, -0.1) is 0 Å². The van der Waals surface area contributed by atoms with Crippen LogP contribution in [0.5, 0.6) is 0 Å². The molecule has 6 heteroatoms. The molecule has 0 saturated carbocycles. The number of carbonyl (C=O) groups is 1. The van der Waals surface area contributed by atoms with Crippen LogP contribution in [0.4, 0.5) is 5.69 Å². The zero-order chi connectivity index (χ0) is 14.6. The summed E-state index contributed by atoms with van der Waals surface area (Å²) in [7, 11) is 0. The number of hydrogen-bond acceptors (Lipinski definition) is 4. The predicted octanol–water partition coefficient (Wildman–Crippen LogP) is 3.95. The summed E-state index contributed by atoms with van der Waals surface area (Å²) < 4.78 is 5.76. The normalized spacial score (nSPS) is 12.3. The third kappa shape index (κ3) is 4.63. The van der Waals surface area contributed by atoms with E-state index in [1.54, 1.807) is 0 Å². The first kappa shape index (κ1) is 15.6. The number of nitrogens with zero attached hydrogens (tertiary/aromatic N) is 1. The fourth-order valence-electron chi connectivity index (χ4n) is 1.74. The minimum Gasteiger partial charge on any atom is -0.459 e. The molecule has 0 radical (unpaired) electrons. The summed E-state index contributed by atoms with van der Waals surface area (Å²) in [5.41, 5.74) is 0.0384. The summed E-state index contributed by atoms with van der Waals surface area (Å²) in [6.45, 7) is 5.88. The number of hydrogen-bond donors (Lipinski definition) is 0. The lowest BCUT2D eigenvalue weighted by Gasteiger charge is -2.15. The van der Waals surface area contributed by atoms with E-state index in [0.717, 1.165) is 6.42 Å². The topological polar surface area (TPSA) is 69.4 Å². The Morgan fingerprint density at radius 2 is 2.05 bits per heavy atom. The molecule has 1 rings (SSSR count). The minimum atomic E-state index is -0.552. The molecule has 0 aromatic heterocycles. The van der Waals surface area contributed by atoms with Gasteiger partial charge in [0.2, 0.25) is 0 Å². The van der Waals surface area contributed by atoms with Crippen molar-refractivity contribution in [2.75, 3.05) is 0 Å². The van der Waals surface area contributed by atoms with Gasteiger partial charge in [-0.3, -0.25) is 10.1 Å². The van der Waals surface area contributed by atoms with Gasteiger partial charge in [0, 0.05) is 16.6 Å². The lowest BCUT2D eigenvalue weighted by molar-refractivity contribution is -0.384. The van der Waals surface area contributed by atoms with E-state index in [9.17, 15) is 14.9 Å². The molecular weight excluding hydrogens is 314 g/mol. The third-order valence-electron chi connectivity index (χ3n) is 2.49. The molecule has 0 bridgehead atoms. The Bertz CT molecular complexity index is 488. The maximum Gasteiger partial charge on any atom is 0.339 e. The summed E-state index contributed by atoms with van der Waals surface area (Å²) in [6, 6.07) is 4.02. The molecule has 0 saturated heterocycles. The third-order valence-corrected chi connectivity index (χ3v) is 3.18. The first-order valence-electron chi connectivity index (χ1n) is 5.96. The van der Waals surface area contributed by atoms with Gasteiger partial charge in [-0.05, 0) is 41.3 Å². The van der Waals surface area contributed by atoms with Gasteiger partial charge in [-0.2, -0.15) is 0 Å². The van der Waals surface area contributed by atoms with E-state index in [0.29, 0.717) is 10.4 Å². The number of esters is 1. The lowest BCUT2D eigenvalue weighted by atomic mass is 10.1. The number of halogens is 1. The average Bonchev–Trinajstić information content (AvgIpc) is 2.27. The maximum absolute atomic E-state index is 12.0. The lowest BCUT2D eigenvalue weighted by Crippen LogP contribution is -2.17. The van der Waals surface area contributed by atoms with Crippen LogP contribution in [0.1, 0.15) is 37.6 Å². The molecule has 0 aliphatic heterocycles. The predicted molar refractivity (Wildman–Crippen MR) is 75.1 cm³/mol. The number of nitro groups is 1. The van der Waals surface area contributed by atoms with E-state index in [4.69, 9.17) is 4.74 Å². The van der Waals surface area contributed by atoms with Crippen molar-refractivity contribution in [1.29, 1.82) is 0 Å². The van der Waals surface area contributed by atoms with Crippen molar-refractivity contribution in [3.63, 3.8) is 0 Å². The fraction of sp³-hybridized carbons (Fsp3) is 0.462. The summed E-state index contributed by atoms with van der Waals surface area (Å²) in [5, 5.41) is 10.7. The molecule has 1 unspecified atom stereocenters. The number of benzene rings is 1. The van der Waals surface area contributed by atoms with Gasteiger partial charge >= 0.3 is 5.97 Å². The van der Waals surface area contributed by atoms with Crippen molar-refractivity contribution in [3.05, 3.63) is 38.3 Å². The Labute approximate surface area is 120 Å². The van der Waals surface area contributed by atoms with Crippen molar-refractivity contribution in [3.8, 4) is 0 Å². The standard InChI is InChI=1S/C13H16BrNO4/c1-8(2)6-9(3)19-13(16)11-7-10(15(17)18)4-5-12(11)14/h4-5,7-9H,6H2,1-3H3. The summed E-state index contributed by atoms with van der Waals surface area (Å²) >= 11 is 3.20. The molecule has 19 heavy (non-hydrogen) atoms. The second-order valence-electron chi connectivity index (χ2n) is 4.77. The molecular formula is C13H16BrNO4. The summed E-state index contributed by atoms with van der Waals surface area (Å²) in [6.07, 6.45) is 0.525. The van der Waals surface area contributed by atoms with E-state index >= 15 is 0 Å². The molecule has 1 aromatic rings. The second-order valence-corrected chi connectivity index (χ2v) is 5.62. The van der Waals surface area contributed by atoms with Crippen molar-refractivity contribution >= 4 is 27.6 Å². The largest absolute Gasteiger partial charge is 0.459 e. The van der Waals surface area contributed by atoms with Crippen LogP contribution >= 0.6 is 15.9 Å². The Morgan fingerprint density at radius 3 is 2.58 bits per heavy atom. The van der Waals surface area contributed by atoms with Crippen LogP contribution in [0.3, 0.4) is 0 Å². The Hall–Kier alpha value is -1.43. The van der Waals surface area contributed by atoms with Gasteiger partial charge < -0.3 is 4.74 Å². The average molecular weight is 330 g/mol. The van der Waals surface area contributed by atoms with Crippen molar-refractivity contribution in [2.45, 2.75) is 33.3 Å². The van der Waals surface area contributed by atoms with Gasteiger partial charge in [0.05, 0.1) is 16.6 Å². The van der Waals surface area contributed by atoms with Gasteiger partial charge in [0.15, 0.2) is 0 Å². The summed E-state index contributed by atoms with van der Waals surface area (Å²) in [5.74, 6) is -0.139. The second kappa shape index (κ2) is 6.65. The summed E-state index contributed by atoms with van der Waals surface area (Å²) in [4.78, 5) is 22.1. The SMILES string of the molecule is CC(C)CC(C)OC(=O)c1cc([N+](=O)[O-])ccc1Br. The molecule has 0 aliphatic carbocycles. The number of carbonyl (C=O) groups excluding carboxylic acids is 1. The van der Waals surface area contributed by atoms with Crippen molar-refractivity contribution in [2.24, 2.45) is 5.92 Å². The quantitative estimate of drug-likeness (QED) is 0.466. The molecule has 0 spiro atoms. The molecule has 0 aliphatic rings. The highest BCUT2D eigenvalue weighted by Crippen LogP contribution is 2.24. The highest BCUT2D eigenvalue weighted by molar-refractivity contribution is 9.10. The van der Waals surface area contributed by atoms with Gasteiger partial charge in [0.1, 0.15) is 0 Å². The van der Waals surface area contributed by atoms with E-state index in [-0.39, 0.29) is 17.4 Å². The van der Waals surface area contributed by atoms with Crippen LogP contribution in [0.2, 0.25) is 0 Å². The van der Waals surface area contributed by atoms with E-state index in [1.165, 1.54) is 18.2 Å². The molecule has 0 amide bonds. The van der Waals surface area contributed by atoms with Gasteiger partial charge in [-0.1, -0.05) is 13.8 Å². The molecule has 104 valence electrons. The first-order chi connectivity index (χ1) is 8.81. The van der Waals surface area contributed by atoms with Crippen LogP contribution in [0, 0.1) is 16.0 Å².